The molecule has 0 atom stereocenters. The Kier molecular flexibility index (Phi) is 2.82. The fraction of sp³-hybridized carbons (Fsp3) is 0. The molecule has 2 rings (SSSR count). The van der Waals surface area contributed by atoms with Crippen molar-refractivity contribution in [3.05, 3.63) is 41.2 Å². The van der Waals surface area contributed by atoms with Crippen LogP contribution in [0.25, 0.3) is 0 Å². The van der Waals surface area contributed by atoms with E-state index in [1.54, 1.807) is 11.6 Å². The van der Waals surface area contributed by atoms with Crippen molar-refractivity contribution in [2.75, 3.05) is 11.1 Å². The minimum absolute atomic E-state index is 0.106. The van der Waals surface area contributed by atoms with E-state index >= 15 is 0 Å². The highest BCUT2D eigenvalue weighted by atomic mass is 32.1. The highest BCUT2D eigenvalue weighted by Gasteiger charge is 2.11. The molecule has 0 spiro atoms. The Morgan fingerprint density at radius 3 is 2.94 bits per heavy atom. The highest BCUT2D eigenvalue weighted by Crippen LogP contribution is 2.17. The second-order valence-corrected chi connectivity index (χ2v) is 3.92. The monoisotopic (exact) mass is 237 g/mol. The Hall–Kier alpha value is -1.95. The summed E-state index contributed by atoms with van der Waals surface area (Å²) < 4.78 is 12.8. The first-order valence-electron chi connectivity index (χ1n) is 4.42. The molecule has 1 heterocycles. The summed E-state index contributed by atoms with van der Waals surface area (Å²) in [4.78, 5) is 15.6. The SMILES string of the molecule is Nc1cc(F)ccc1C(=O)Nc1nccs1. The fourth-order valence-corrected chi connectivity index (χ4v) is 1.71. The second-order valence-electron chi connectivity index (χ2n) is 3.02. The van der Waals surface area contributed by atoms with Crippen molar-refractivity contribution in [2.24, 2.45) is 0 Å². The largest absolute Gasteiger partial charge is 0.398 e. The zero-order valence-electron chi connectivity index (χ0n) is 8.11. The van der Waals surface area contributed by atoms with E-state index in [4.69, 9.17) is 5.73 Å². The lowest BCUT2D eigenvalue weighted by Gasteiger charge is -2.04. The fourth-order valence-electron chi connectivity index (χ4n) is 1.19. The van der Waals surface area contributed by atoms with E-state index in [0.717, 1.165) is 6.07 Å². The number of nitrogens with zero attached hydrogens (tertiary/aromatic N) is 1. The Morgan fingerprint density at radius 2 is 2.31 bits per heavy atom. The molecular weight excluding hydrogens is 229 g/mol. The number of anilines is 2. The van der Waals surface area contributed by atoms with Crippen LogP contribution in [0.15, 0.2) is 29.8 Å². The number of hydrogen-bond acceptors (Lipinski definition) is 4. The lowest BCUT2D eigenvalue weighted by atomic mass is 10.1. The molecule has 1 amide bonds. The molecule has 0 saturated carbocycles. The standard InChI is InChI=1S/C10H8FN3OS/c11-6-1-2-7(8(12)5-6)9(15)14-10-13-3-4-16-10/h1-5H,12H2,(H,13,14,15). The average Bonchev–Trinajstić information content (AvgIpc) is 2.70. The minimum Gasteiger partial charge on any atom is -0.398 e. The van der Waals surface area contributed by atoms with Gasteiger partial charge in [-0.3, -0.25) is 10.1 Å². The van der Waals surface area contributed by atoms with E-state index in [-0.39, 0.29) is 11.3 Å². The summed E-state index contributed by atoms with van der Waals surface area (Å²) in [5.74, 6) is -0.865. The molecule has 0 aliphatic rings. The van der Waals surface area contributed by atoms with Gasteiger partial charge < -0.3 is 5.73 Å². The summed E-state index contributed by atoms with van der Waals surface area (Å²) in [6.07, 6.45) is 1.58. The molecule has 0 radical (unpaired) electrons. The number of aromatic nitrogens is 1. The summed E-state index contributed by atoms with van der Waals surface area (Å²) in [5, 5.41) is 4.78. The quantitative estimate of drug-likeness (QED) is 0.786. The van der Waals surface area contributed by atoms with Gasteiger partial charge in [0.1, 0.15) is 5.82 Å². The number of amides is 1. The highest BCUT2D eigenvalue weighted by molar-refractivity contribution is 7.13. The maximum Gasteiger partial charge on any atom is 0.259 e. The number of carbonyl (C=O) groups is 1. The molecule has 0 aliphatic carbocycles. The van der Waals surface area contributed by atoms with Crippen LogP contribution in [0.3, 0.4) is 0 Å². The molecule has 0 aliphatic heterocycles. The van der Waals surface area contributed by atoms with E-state index in [9.17, 15) is 9.18 Å². The molecule has 1 aromatic carbocycles. The van der Waals surface area contributed by atoms with Crippen molar-refractivity contribution in [1.82, 2.24) is 4.98 Å². The van der Waals surface area contributed by atoms with Crippen LogP contribution in [0, 0.1) is 5.82 Å². The van der Waals surface area contributed by atoms with E-state index in [0.29, 0.717) is 5.13 Å². The van der Waals surface area contributed by atoms with Crippen LogP contribution in [0.5, 0.6) is 0 Å². The van der Waals surface area contributed by atoms with Gasteiger partial charge in [0.2, 0.25) is 0 Å². The maximum absolute atomic E-state index is 12.8. The predicted octanol–water partition coefficient (Wildman–Crippen LogP) is 2.12. The first-order chi connectivity index (χ1) is 7.66. The van der Waals surface area contributed by atoms with Gasteiger partial charge in [-0.2, -0.15) is 0 Å². The molecule has 16 heavy (non-hydrogen) atoms. The Labute approximate surface area is 94.9 Å². The van der Waals surface area contributed by atoms with Crippen LogP contribution in [0.4, 0.5) is 15.2 Å². The molecule has 0 bridgehead atoms. The van der Waals surface area contributed by atoms with Crippen LogP contribution < -0.4 is 11.1 Å². The van der Waals surface area contributed by atoms with Crippen LogP contribution in [0.1, 0.15) is 10.4 Å². The first-order valence-corrected chi connectivity index (χ1v) is 5.30. The van der Waals surface area contributed by atoms with Gasteiger partial charge in [0.15, 0.2) is 5.13 Å². The van der Waals surface area contributed by atoms with Gasteiger partial charge in [0, 0.05) is 17.3 Å². The third-order valence-electron chi connectivity index (χ3n) is 1.91. The van der Waals surface area contributed by atoms with Crippen molar-refractivity contribution >= 4 is 28.1 Å². The summed E-state index contributed by atoms with van der Waals surface area (Å²) in [7, 11) is 0. The van der Waals surface area contributed by atoms with Crippen molar-refractivity contribution < 1.29 is 9.18 Å². The molecule has 1 aromatic heterocycles. The van der Waals surface area contributed by atoms with Crippen LogP contribution in [-0.4, -0.2) is 10.9 Å². The normalized spacial score (nSPS) is 10.1. The van der Waals surface area contributed by atoms with Gasteiger partial charge in [-0.15, -0.1) is 11.3 Å². The van der Waals surface area contributed by atoms with Crippen molar-refractivity contribution in [3.63, 3.8) is 0 Å². The summed E-state index contributed by atoms with van der Waals surface area (Å²) >= 11 is 1.30. The number of carbonyl (C=O) groups excluding carboxylic acids is 1. The molecule has 82 valence electrons. The number of nitrogens with one attached hydrogen (secondary N) is 1. The van der Waals surface area contributed by atoms with Crippen LogP contribution in [-0.2, 0) is 0 Å². The summed E-state index contributed by atoms with van der Waals surface area (Å²) in [6, 6.07) is 3.64. The van der Waals surface area contributed by atoms with Gasteiger partial charge in [0.05, 0.1) is 5.56 Å². The first kappa shape index (κ1) is 10.6. The van der Waals surface area contributed by atoms with E-state index in [1.165, 1.54) is 23.5 Å². The third kappa shape index (κ3) is 2.17. The van der Waals surface area contributed by atoms with Gasteiger partial charge in [-0.1, -0.05) is 0 Å². The number of nitrogens with two attached hydrogens (primary N) is 1. The Balaban J connectivity index is 2.21. The van der Waals surface area contributed by atoms with Gasteiger partial charge in [0.25, 0.3) is 5.91 Å². The molecular formula is C10H8FN3OS. The number of hydrogen-bond donors (Lipinski definition) is 2. The summed E-state index contributed by atoms with van der Waals surface area (Å²) in [6.45, 7) is 0. The lowest BCUT2D eigenvalue weighted by molar-refractivity contribution is 0.102. The van der Waals surface area contributed by atoms with Crippen molar-refractivity contribution in [2.45, 2.75) is 0 Å². The zero-order valence-corrected chi connectivity index (χ0v) is 8.92. The number of thiazole rings is 1. The topological polar surface area (TPSA) is 68.0 Å². The molecule has 4 nitrogen and oxygen atoms in total. The van der Waals surface area contributed by atoms with Crippen LogP contribution in [0.2, 0.25) is 0 Å². The summed E-state index contributed by atoms with van der Waals surface area (Å²) in [5.41, 5.74) is 5.87. The lowest BCUT2D eigenvalue weighted by Crippen LogP contribution is -2.13. The third-order valence-corrected chi connectivity index (χ3v) is 2.60. The number of benzene rings is 1. The van der Waals surface area contributed by atoms with Crippen LogP contribution >= 0.6 is 11.3 Å². The molecule has 0 saturated heterocycles. The van der Waals surface area contributed by atoms with Gasteiger partial charge in [-0.05, 0) is 18.2 Å². The number of halogens is 1. The van der Waals surface area contributed by atoms with E-state index in [2.05, 4.69) is 10.3 Å². The molecule has 6 heteroatoms. The average molecular weight is 237 g/mol. The number of rotatable bonds is 2. The van der Waals surface area contributed by atoms with Gasteiger partial charge >= 0.3 is 0 Å². The molecule has 0 fully saturated rings. The van der Waals surface area contributed by atoms with E-state index in [1.807, 2.05) is 0 Å². The zero-order chi connectivity index (χ0) is 11.5. The van der Waals surface area contributed by atoms with Gasteiger partial charge in [-0.25, -0.2) is 9.37 Å². The Morgan fingerprint density at radius 1 is 1.50 bits per heavy atom. The predicted molar refractivity (Wildman–Crippen MR) is 60.9 cm³/mol. The molecule has 3 N–H and O–H groups in total. The minimum atomic E-state index is -0.469. The smallest absolute Gasteiger partial charge is 0.259 e. The number of nitrogen functional groups attached to an aromatic ring is 1. The molecule has 0 unspecified atom stereocenters. The van der Waals surface area contributed by atoms with Crippen molar-refractivity contribution in [1.29, 1.82) is 0 Å². The molecule has 2 aromatic rings. The second kappa shape index (κ2) is 4.28. The Bertz CT molecular complexity index is 513. The van der Waals surface area contributed by atoms with E-state index < -0.39 is 11.7 Å². The maximum atomic E-state index is 12.8. The van der Waals surface area contributed by atoms with Crippen molar-refractivity contribution in [3.8, 4) is 0 Å².